The summed E-state index contributed by atoms with van der Waals surface area (Å²) in [5.41, 5.74) is 4.32. The summed E-state index contributed by atoms with van der Waals surface area (Å²) in [4.78, 5) is 23.6. The average molecular weight is 504 g/mol. The first-order chi connectivity index (χ1) is 12.3. The molecule has 9 heteroatoms. The van der Waals surface area contributed by atoms with Crippen molar-refractivity contribution >= 4 is 67.2 Å². The minimum absolute atomic E-state index is 0.0686. The quantitative estimate of drug-likeness (QED) is 0.322. The van der Waals surface area contributed by atoms with Crippen molar-refractivity contribution in [1.82, 2.24) is 5.43 Å². The molecule has 0 fully saturated rings. The second kappa shape index (κ2) is 9.16. The Labute approximate surface area is 171 Å². The van der Waals surface area contributed by atoms with Crippen LogP contribution in [0.1, 0.15) is 17.5 Å². The van der Waals surface area contributed by atoms with E-state index in [0.29, 0.717) is 25.2 Å². The average Bonchev–Trinajstić information content (AvgIpc) is 2.55. The van der Waals surface area contributed by atoms with Crippen LogP contribution in [0.2, 0.25) is 5.02 Å². The van der Waals surface area contributed by atoms with Crippen LogP contribution < -0.4 is 10.7 Å². The number of aromatic hydroxyl groups is 1. The monoisotopic (exact) mass is 501 g/mol. The zero-order chi connectivity index (χ0) is 19.3. The van der Waals surface area contributed by atoms with Crippen LogP contribution >= 0.6 is 43.5 Å². The van der Waals surface area contributed by atoms with Crippen molar-refractivity contribution in [1.29, 1.82) is 0 Å². The Bertz CT molecular complexity index is 865. The summed E-state index contributed by atoms with van der Waals surface area (Å²) >= 11 is 12.4. The van der Waals surface area contributed by atoms with Gasteiger partial charge in [-0.05, 0) is 74.2 Å². The third kappa shape index (κ3) is 5.82. The van der Waals surface area contributed by atoms with E-state index in [2.05, 4.69) is 47.7 Å². The van der Waals surface area contributed by atoms with Gasteiger partial charge in [-0.1, -0.05) is 17.7 Å². The number of halogens is 3. The fourth-order valence-electron chi connectivity index (χ4n) is 1.90. The van der Waals surface area contributed by atoms with E-state index in [4.69, 9.17) is 11.6 Å². The number of phenols is 1. The van der Waals surface area contributed by atoms with Gasteiger partial charge in [0.25, 0.3) is 0 Å². The summed E-state index contributed by atoms with van der Waals surface area (Å²) in [5.74, 6) is -0.972. The van der Waals surface area contributed by atoms with E-state index in [0.717, 1.165) is 5.56 Å². The Hall–Kier alpha value is -1.90. The van der Waals surface area contributed by atoms with Gasteiger partial charge in [-0.2, -0.15) is 5.10 Å². The molecule has 0 aliphatic heterocycles. The van der Waals surface area contributed by atoms with E-state index in [1.807, 2.05) is 6.92 Å². The first-order valence-corrected chi connectivity index (χ1v) is 9.28. The number of hydrazone groups is 1. The van der Waals surface area contributed by atoms with Gasteiger partial charge >= 0.3 is 0 Å². The number of rotatable bonds is 5. The molecule has 0 aromatic heterocycles. The van der Waals surface area contributed by atoms with Crippen LogP contribution in [-0.4, -0.2) is 23.1 Å². The highest BCUT2D eigenvalue weighted by atomic mass is 79.9. The summed E-state index contributed by atoms with van der Waals surface area (Å²) < 4.78 is 0.964. The number of phenolic OH excluding ortho intramolecular Hbond substituents is 1. The molecular weight excluding hydrogens is 489 g/mol. The molecule has 6 nitrogen and oxygen atoms in total. The molecule has 2 aromatic carbocycles. The topological polar surface area (TPSA) is 90.8 Å². The molecule has 0 saturated heterocycles. The summed E-state index contributed by atoms with van der Waals surface area (Å²) in [6, 6.07) is 8.35. The lowest BCUT2D eigenvalue weighted by atomic mass is 10.2. The summed E-state index contributed by atoms with van der Waals surface area (Å²) in [5, 5.41) is 16.6. The largest absolute Gasteiger partial charge is 0.506 e. The van der Waals surface area contributed by atoms with Gasteiger partial charge in [-0.15, -0.1) is 0 Å². The van der Waals surface area contributed by atoms with Crippen molar-refractivity contribution in [2.24, 2.45) is 5.10 Å². The highest BCUT2D eigenvalue weighted by Crippen LogP contribution is 2.32. The molecule has 0 heterocycles. The van der Waals surface area contributed by atoms with Gasteiger partial charge in [0.1, 0.15) is 12.2 Å². The number of benzene rings is 2. The van der Waals surface area contributed by atoms with Gasteiger partial charge in [0.05, 0.1) is 15.2 Å². The molecule has 0 atom stereocenters. The van der Waals surface area contributed by atoms with E-state index in [1.54, 1.807) is 30.3 Å². The molecule has 136 valence electrons. The molecular formula is C17H14Br2ClN3O3. The molecule has 0 bridgehead atoms. The third-order valence-corrected chi connectivity index (χ3v) is 4.83. The maximum atomic E-state index is 11.9. The molecule has 3 N–H and O–H groups in total. The fraction of sp³-hybridized carbons (Fsp3) is 0.118. The normalized spacial score (nSPS) is 10.8. The number of carbonyl (C=O) groups excluding carboxylic acids is 2. The van der Waals surface area contributed by atoms with Crippen molar-refractivity contribution in [3.8, 4) is 5.75 Å². The van der Waals surface area contributed by atoms with Crippen LogP contribution in [0, 0.1) is 6.92 Å². The predicted octanol–water partition coefficient (Wildman–Crippen LogP) is 4.36. The molecule has 0 spiro atoms. The van der Waals surface area contributed by atoms with Gasteiger partial charge in [-0.3, -0.25) is 9.59 Å². The minimum Gasteiger partial charge on any atom is -0.506 e. The van der Waals surface area contributed by atoms with Crippen LogP contribution in [-0.2, 0) is 9.59 Å². The first-order valence-electron chi connectivity index (χ1n) is 7.32. The lowest BCUT2D eigenvalue weighted by Gasteiger charge is -2.06. The lowest BCUT2D eigenvalue weighted by molar-refractivity contribution is -0.126. The minimum atomic E-state index is -0.561. The zero-order valence-electron chi connectivity index (χ0n) is 13.5. The number of carbonyl (C=O) groups is 2. The number of nitrogens with one attached hydrogen (secondary N) is 2. The van der Waals surface area contributed by atoms with Gasteiger partial charge in [0.2, 0.25) is 11.8 Å². The van der Waals surface area contributed by atoms with Gasteiger partial charge in [-0.25, -0.2) is 5.43 Å². The van der Waals surface area contributed by atoms with Crippen molar-refractivity contribution in [2.75, 3.05) is 5.32 Å². The van der Waals surface area contributed by atoms with E-state index < -0.39 is 11.8 Å². The van der Waals surface area contributed by atoms with Crippen molar-refractivity contribution in [3.05, 3.63) is 55.4 Å². The standard InChI is InChI=1S/C17H14Br2ClN3O3/c1-9-2-3-11(6-14(9)20)22-15(24)7-16(25)23-21-8-10-4-12(18)17(26)13(19)5-10/h2-6,8,26H,7H2,1H3,(H,22,24)(H,23,25)/b21-8+. The SMILES string of the molecule is Cc1ccc(NC(=O)CC(=O)N/N=C/c2cc(Br)c(O)c(Br)c2)cc1Cl. The number of aryl methyl sites for hydroxylation is 1. The van der Waals surface area contributed by atoms with Gasteiger partial charge in [0, 0.05) is 10.7 Å². The third-order valence-electron chi connectivity index (χ3n) is 3.22. The highest BCUT2D eigenvalue weighted by molar-refractivity contribution is 9.11. The number of amides is 2. The predicted molar refractivity (Wildman–Crippen MR) is 109 cm³/mol. The second-order valence-electron chi connectivity index (χ2n) is 5.32. The van der Waals surface area contributed by atoms with Crippen LogP contribution in [0.3, 0.4) is 0 Å². The summed E-state index contributed by atoms with van der Waals surface area (Å²) in [7, 11) is 0. The van der Waals surface area contributed by atoms with Crippen molar-refractivity contribution in [2.45, 2.75) is 13.3 Å². The van der Waals surface area contributed by atoms with E-state index in [-0.39, 0.29) is 12.2 Å². The molecule has 0 aliphatic carbocycles. The van der Waals surface area contributed by atoms with Crippen LogP contribution in [0.25, 0.3) is 0 Å². The van der Waals surface area contributed by atoms with E-state index >= 15 is 0 Å². The Kier molecular flexibility index (Phi) is 7.19. The van der Waals surface area contributed by atoms with E-state index in [9.17, 15) is 14.7 Å². The lowest BCUT2D eigenvalue weighted by Crippen LogP contribution is -2.24. The van der Waals surface area contributed by atoms with Gasteiger partial charge in [0.15, 0.2) is 0 Å². The molecule has 0 saturated carbocycles. The first kappa shape index (κ1) is 20.4. The number of hydrogen-bond donors (Lipinski definition) is 3. The van der Waals surface area contributed by atoms with Crippen LogP contribution in [0.5, 0.6) is 5.75 Å². The molecule has 2 rings (SSSR count). The Balaban J connectivity index is 1.88. The van der Waals surface area contributed by atoms with Crippen molar-refractivity contribution in [3.63, 3.8) is 0 Å². The fourth-order valence-corrected chi connectivity index (χ4v) is 3.30. The maximum Gasteiger partial charge on any atom is 0.249 e. The maximum absolute atomic E-state index is 11.9. The number of anilines is 1. The Morgan fingerprint density at radius 1 is 1.19 bits per heavy atom. The summed E-state index contributed by atoms with van der Waals surface area (Å²) in [6.45, 7) is 1.85. The van der Waals surface area contributed by atoms with Crippen LogP contribution in [0.15, 0.2) is 44.4 Å². The molecule has 2 aromatic rings. The van der Waals surface area contributed by atoms with Crippen molar-refractivity contribution < 1.29 is 14.7 Å². The van der Waals surface area contributed by atoms with E-state index in [1.165, 1.54) is 6.21 Å². The number of nitrogens with zero attached hydrogens (tertiary/aromatic N) is 1. The molecule has 0 radical (unpaired) electrons. The smallest absolute Gasteiger partial charge is 0.249 e. The number of hydrogen-bond acceptors (Lipinski definition) is 4. The Morgan fingerprint density at radius 2 is 1.85 bits per heavy atom. The summed E-state index contributed by atoms with van der Waals surface area (Å²) in [6.07, 6.45) is 1.01. The molecule has 2 amide bonds. The second-order valence-corrected chi connectivity index (χ2v) is 7.43. The molecule has 0 aliphatic rings. The highest BCUT2D eigenvalue weighted by Gasteiger charge is 2.10. The zero-order valence-corrected chi connectivity index (χ0v) is 17.4. The van der Waals surface area contributed by atoms with Gasteiger partial charge < -0.3 is 10.4 Å². The molecule has 0 unspecified atom stereocenters. The molecule has 26 heavy (non-hydrogen) atoms. The Morgan fingerprint density at radius 3 is 2.46 bits per heavy atom. The van der Waals surface area contributed by atoms with Crippen LogP contribution in [0.4, 0.5) is 5.69 Å².